The standard InChI is InChI=1S/C19H20F2N2O7/c1-5-29-18(25)15-10(3)22-9(2)14(17(24)28-4)16(15)12-8-11(23(26)27)6-7-13(12)30-19(20)21/h6-8,16,19,22H,5H2,1-4H3. The van der Waals surface area contributed by atoms with Crippen LogP contribution in [-0.4, -0.2) is 37.2 Å². The van der Waals surface area contributed by atoms with Crippen molar-refractivity contribution in [2.24, 2.45) is 0 Å². The van der Waals surface area contributed by atoms with Crippen molar-refractivity contribution in [3.8, 4) is 5.75 Å². The van der Waals surface area contributed by atoms with Crippen LogP contribution < -0.4 is 10.1 Å². The van der Waals surface area contributed by atoms with Gasteiger partial charge in [0.25, 0.3) is 5.69 Å². The second kappa shape index (κ2) is 9.33. The molecule has 0 spiro atoms. The van der Waals surface area contributed by atoms with Gasteiger partial charge in [-0.15, -0.1) is 0 Å². The van der Waals surface area contributed by atoms with Crippen LogP contribution in [0.3, 0.4) is 0 Å². The Balaban J connectivity index is 2.85. The number of nitrogens with one attached hydrogen (secondary N) is 1. The Bertz CT molecular complexity index is 941. The molecule has 1 N–H and O–H groups in total. The maximum absolute atomic E-state index is 13.0. The van der Waals surface area contributed by atoms with E-state index >= 15 is 0 Å². The van der Waals surface area contributed by atoms with Crippen LogP contribution in [-0.2, 0) is 19.1 Å². The third-order valence-electron chi connectivity index (χ3n) is 4.39. The molecule has 0 aliphatic carbocycles. The fraction of sp³-hybridized carbons (Fsp3) is 0.368. The Kier molecular flexibility index (Phi) is 7.09. The van der Waals surface area contributed by atoms with Crippen molar-refractivity contribution < 1.29 is 37.5 Å². The van der Waals surface area contributed by atoms with Gasteiger partial charge in [-0.05, 0) is 26.8 Å². The number of carbonyl (C=O) groups is 2. The van der Waals surface area contributed by atoms with Crippen LogP contribution in [0.4, 0.5) is 14.5 Å². The molecule has 0 amide bonds. The molecular weight excluding hydrogens is 406 g/mol. The van der Waals surface area contributed by atoms with Crippen molar-refractivity contribution in [3.05, 3.63) is 56.4 Å². The van der Waals surface area contributed by atoms with Crippen LogP contribution in [0.25, 0.3) is 0 Å². The molecule has 162 valence electrons. The molecule has 0 saturated heterocycles. The third kappa shape index (κ3) is 4.56. The number of methoxy groups -OCH3 is 1. The summed E-state index contributed by atoms with van der Waals surface area (Å²) >= 11 is 0. The minimum atomic E-state index is -3.24. The number of halogens is 2. The number of nitrogens with zero attached hydrogens (tertiary/aromatic N) is 1. The largest absolute Gasteiger partial charge is 0.466 e. The molecule has 2 rings (SSSR count). The van der Waals surface area contributed by atoms with Crippen LogP contribution in [0, 0.1) is 10.1 Å². The highest BCUT2D eigenvalue weighted by atomic mass is 19.3. The normalized spacial score (nSPS) is 16.3. The van der Waals surface area contributed by atoms with Crippen LogP contribution >= 0.6 is 0 Å². The van der Waals surface area contributed by atoms with E-state index in [9.17, 15) is 28.5 Å². The summed E-state index contributed by atoms with van der Waals surface area (Å²) in [6, 6.07) is 2.96. The molecule has 0 aromatic heterocycles. The molecule has 0 fully saturated rings. The van der Waals surface area contributed by atoms with Gasteiger partial charge in [0, 0.05) is 29.1 Å². The SMILES string of the molecule is CCOC(=O)C1=C(C)NC(C)=C(C(=O)OC)C1c1cc([N+](=O)[O-])ccc1OC(F)F. The predicted octanol–water partition coefficient (Wildman–Crippen LogP) is 3.17. The van der Waals surface area contributed by atoms with Crippen LogP contribution in [0.2, 0.25) is 0 Å². The molecule has 1 aliphatic rings. The summed E-state index contributed by atoms with van der Waals surface area (Å²) < 4.78 is 40.4. The van der Waals surface area contributed by atoms with E-state index in [0.717, 1.165) is 25.3 Å². The number of non-ortho nitro benzene ring substituents is 1. The summed E-state index contributed by atoms with van der Waals surface area (Å²) in [5, 5.41) is 14.2. The molecule has 11 heteroatoms. The van der Waals surface area contributed by atoms with Gasteiger partial charge in [-0.1, -0.05) is 0 Å². The fourth-order valence-electron chi connectivity index (χ4n) is 3.24. The Morgan fingerprint density at radius 2 is 1.80 bits per heavy atom. The second-order valence-electron chi connectivity index (χ2n) is 6.21. The topological polar surface area (TPSA) is 117 Å². The summed E-state index contributed by atoms with van der Waals surface area (Å²) in [6.07, 6.45) is 0. The Morgan fingerprint density at radius 1 is 1.20 bits per heavy atom. The molecule has 0 saturated carbocycles. The molecule has 9 nitrogen and oxygen atoms in total. The first-order valence-corrected chi connectivity index (χ1v) is 8.79. The molecule has 30 heavy (non-hydrogen) atoms. The van der Waals surface area contributed by atoms with Gasteiger partial charge < -0.3 is 19.5 Å². The zero-order valence-electron chi connectivity index (χ0n) is 16.7. The molecule has 0 radical (unpaired) electrons. The molecule has 1 heterocycles. The van der Waals surface area contributed by atoms with E-state index in [4.69, 9.17) is 9.47 Å². The Labute approximate surface area is 170 Å². The van der Waals surface area contributed by atoms with Gasteiger partial charge in [0.1, 0.15) is 5.75 Å². The van der Waals surface area contributed by atoms with E-state index in [1.165, 1.54) is 13.8 Å². The lowest BCUT2D eigenvalue weighted by atomic mass is 9.80. The highest BCUT2D eigenvalue weighted by Gasteiger charge is 2.40. The molecular formula is C19H20F2N2O7. The lowest BCUT2D eigenvalue weighted by Crippen LogP contribution is -2.32. The zero-order chi connectivity index (χ0) is 22.6. The summed E-state index contributed by atoms with van der Waals surface area (Å²) in [6.45, 7) is 1.39. The van der Waals surface area contributed by atoms with E-state index in [1.807, 2.05) is 0 Å². The minimum Gasteiger partial charge on any atom is -0.466 e. The van der Waals surface area contributed by atoms with Crippen molar-refractivity contribution in [2.45, 2.75) is 33.3 Å². The molecule has 0 bridgehead atoms. The first-order valence-electron chi connectivity index (χ1n) is 8.79. The van der Waals surface area contributed by atoms with Crippen LogP contribution in [0.5, 0.6) is 5.75 Å². The smallest absolute Gasteiger partial charge is 0.387 e. The van der Waals surface area contributed by atoms with Crippen molar-refractivity contribution in [1.82, 2.24) is 5.32 Å². The number of dihydropyridines is 1. The maximum Gasteiger partial charge on any atom is 0.387 e. The molecule has 1 atom stereocenters. The molecule has 1 aromatic carbocycles. The summed E-state index contributed by atoms with van der Waals surface area (Å²) in [7, 11) is 1.11. The fourth-order valence-corrected chi connectivity index (χ4v) is 3.24. The number of carbonyl (C=O) groups excluding carboxylic acids is 2. The van der Waals surface area contributed by atoms with Crippen LogP contribution in [0.15, 0.2) is 40.7 Å². The van der Waals surface area contributed by atoms with Crippen molar-refractivity contribution >= 4 is 17.6 Å². The highest BCUT2D eigenvalue weighted by Crippen LogP contribution is 2.44. The first kappa shape index (κ1) is 22.8. The van der Waals surface area contributed by atoms with Gasteiger partial charge in [-0.3, -0.25) is 10.1 Å². The summed E-state index contributed by atoms with van der Waals surface area (Å²) in [4.78, 5) is 35.8. The number of benzene rings is 1. The number of esters is 2. The molecule has 1 aliphatic heterocycles. The predicted molar refractivity (Wildman–Crippen MR) is 99.7 cm³/mol. The maximum atomic E-state index is 13.0. The van der Waals surface area contributed by atoms with E-state index in [2.05, 4.69) is 10.1 Å². The van der Waals surface area contributed by atoms with E-state index in [1.54, 1.807) is 6.92 Å². The number of rotatable bonds is 7. The quantitative estimate of drug-likeness (QED) is 0.401. The summed E-state index contributed by atoms with van der Waals surface area (Å²) in [5.74, 6) is -3.40. The summed E-state index contributed by atoms with van der Waals surface area (Å²) in [5.41, 5.74) is -0.209. The zero-order valence-corrected chi connectivity index (χ0v) is 16.7. The van der Waals surface area contributed by atoms with Crippen molar-refractivity contribution in [1.29, 1.82) is 0 Å². The Hall–Kier alpha value is -3.50. The third-order valence-corrected chi connectivity index (χ3v) is 4.39. The first-order chi connectivity index (χ1) is 14.1. The van der Waals surface area contributed by atoms with E-state index in [0.29, 0.717) is 0 Å². The van der Waals surface area contributed by atoms with E-state index < -0.39 is 40.8 Å². The molecule has 1 unspecified atom stereocenters. The molecule has 1 aromatic rings. The van der Waals surface area contributed by atoms with Crippen molar-refractivity contribution in [2.75, 3.05) is 13.7 Å². The monoisotopic (exact) mass is 426 g/mol. The van der Waals surface area contributed by atoms with Gasteiger partial charge in [-0.25, -0.2) is 9.59 Å². The number of allylic oxidation sites excluding steroid dienone is 2. The number of hydrogen-bond donors (Lipinski definition) is 1. The number of nitro groups is 1. The van der Waals surface area contributed by atoms with Gasteiger partial charge in [0.15, 0.2) is 0 Å². The average molecular weight is 426 g/mol. The number of ether oxygens (including phenoxy) is 3. The number of nitro benzene ring substituents is 1. The van der Waals surface area contributed by atoms with Crippen molar-refractivity contribution in [3.63, 3.8) is 0 Å². The van der Waals surface area contributed by atoms with E-state index in [-0.39, 0.29) is 34.7 Å². The lowest BCUT2D eigenvalue weighted by molar-refractivity contribution is -0.385. The number of alkyl halides is 2. The number of hydrogen-bond acceptors (Lipinski definition) is 8. The lowest BCUT2D eigenvalue weighted by Gasteiger charge is -2.31. The highest BCUT2D eigenvalue weighted by molar-refractivity contribution is 6.00. The van der Waals surface area contributed by atoms with Gasteiger partial charge in [0.2, 0.25) is 0 Å². The van der Waals surface area contributed by atoms with Gasteiger partial charge in [-0.2, -0.15) is 8.78 Å². The second-order valence-corrected chi connectivity index (χ2v) is 6.21. The van der Waals surface area contributed by atoms with Gasteiger partial charge >= 0.3 is 18.6 Å². The average Bonchev–Trinajstić information content (AvgIpc) is 2.66. The van der Waals surface area contributed by atoms with Gasteiger partial charge in [0.05, 0.1) is 35.7 Å². The minimum absolute atomic E-state index is 0.00785. The van der Waals surface area contributed by atoms with Crippen LogP contribution in [0.1, 0.15) is 32.3 Å². The Morgan fingerprint density at radius 3 is 2.30 bits per heavy atom.